The molecule has 0 saturated carbocycles. The van der Waals surface area contributed by atoms with Crippen LogP contribution in [0.3, 0.4) is 0 Å². The first-order valence-corrected chi connectivity index (χ1v) is 4.31. The molecule has 2 rings (SSSR count). The van der Waals surface area contributed by atoms with Gasteiger partial charge in [-0.2, -0.15) is 0 Å². The monoisotopic (exact) mass is 162 g/mol. The Balaban J connectivity index is 2.40. The molecule has 0 fully saturated rings. The Kier molecular flexibility index (Phi) is 1.87. The highest BCUT2D eigenvalue weighted by Gasteiger charge is 2.24. The van der Waals surface area contributed by atoms with E-state index in [2.05, 4.69) is 36.2 Å². The van der Waals surface area contributed by atoms with Crippen molar-refractivity contribution < 1.29 is 0 Å². The van der Waals surface area contributed by atoms with Gasteiger partial charge in [0.25, 0.3) is 0 Å². The highest BCUT2D eigenvalue weighted by Crippen LogP contribution is 2.30. The van der Waals surface area contributed by atoms with E-state index in [1.807, 2.05) is 0 Å². The molecular formula is C10H14N2. The van der Waals surface area contributed by atoms with E-state index in [4.69, 9.17) is 5.73 Å². The molecule has 0 saturated heterocycles. The van der Waals surface area contributed by atoms with Gasteiger partial charge in [0.05, 0.1) is 0 Å². The number of benzene rings is 1. The van der Waals surface area contributed by atoms with Gasteiger partial charge in [-0.05, 0) is 18.2 Å². The van der Waals surface area contributed by atoms with E-state index in [1.165, 1.54) is 11.1 Å². The van der Waals surface area contributed by atoms with E-state index in [-0.39, 0.29) is 0 Å². The Labute approximate surface area is 73.0 Å². The highest BCUT2D eigenvalue weighted by atomic mass is 15.2. The van der Waals surface area contributed by atoms with Crippen molar-refractivity contribution in [1.82, 2.24) is 4.90 Å². The fourth-order valence-corrected chi connectivity index (χ4v) is 1.93. The topological polar surface area (TPSA) is 29.3 Å². The van der Waals surface area contributed by atoms with Crippen LogP contribution in [0.5, 0.6) is 0 Å². The molecule has 1 heterocycles. The average molecular weight is 162 g/mol. The van der Waals surface area contributed by atoms with Crippen LogP contribution in [0.4, 0.5) is 0 Å². The van der Waals surface area contributed by atoms with Crippen LogP contribution in [0, 0.1) is 0 Å². The summed E-state index contributed by atoms with van der Waals surface area (Å²) in [7, 11) is 2.12. The van der Waals surface area contributed by atoms with Crippen molar-refractivity contribution >= 4 is 0 Å². The van der Waals surface area contributed by atoms with Crippen molar-refractivity contribution in [2.45, 2.75) is 12.6 Å². The molecule has 12 heavy (non-hydrogen) atoms. The lowest BCUT2D eigenvalue weighted by atomic mass is 10.1. The summed E-state index contributed by atoms with van der Waals surface area (Å²) >= 11 is 0. The molecular weight excluding hydrogens is 148 g/mol. The van der Waals surface area contributed by atoms with Gasteiger partial charge in [0.15, 0.2) is 0 Å². The molecule has 2 nitrogen and oxygen atoms in total. The van der Waals surface area contributed by atoms with Crippen LogP contribution in [0.15, 0.2) is 24.3 Å². The zero-order valence-electron chi connectivity index (χ0n) is 7.33. The summed E-state index contributed by atoms with van der Waals surface area (Å²) in [4.78, 5) is 2.30. The molecule has 1 aromatic rings. The second kappa shape index (κ2) is 2.88. The van der Waals surface area contributed by atoms with E-state index in [1.54, 1.807) is 0 Å². The summed E-state index contributed by atoms with van der Waals surface area (Å²) in [6, 6.07) is 8.96. The Bertz CT molecular complexity index is 283. The number of nitrogens with zero attached hydrogens (tertiary/aromatic N) is 1. The lowest BCUT2D eigenvalue weighted by Crippen LogP contribution is -2.23. The van der Waals surface area contributed by atoms with Gasteiger partial charge in [-0.1, -0.05) is 24.3 Å². The maximum atomic E-state index is 5.70. The van der Waals surface area contributed by atoms with Crippen molar-refractivity contribution in [3.8, 4) is 0 Å². The highest BCUT2D eigenvalue weighted by molar-refractivity contribution is 5.33. The van der Waals surface area contributed by atoms with Gasteiger partial charge in [0, 0.05) is 19.1 Å². The van der Waals surface area contributed by atoms with Crippen molar-refractivity contribution in [3.63, 3.8) is 0 Å². The molecule has 0 radical (unpaired) electrons. The van der Waals surface area contributed by atoms with Gasteiger partial charge in [-0.25, -0.2) is 0 Å². The number of hydrogen-bond donors (Lipinski definition) is 1. The Hall–Kier alpha value is -0.860. The fourth-order valence-electron chi connectivity index (χ4n) is 1.93. The summed E-state index contributed by atoms with van der Waals surface area (Å²) in [5.74, 6) is 0. The quantitative estimate of drug-likeness (QED) is 0.670. The van der Waals surface area contributed by atoms with Crippen molar-refractivity contribution in [1.29, 1.82) is 0 Å². The normalized spacial score (nSPS) is 22.7. The first kappa shape index (κ1) is 7.77. The molecule has 2 N–H and O–H groups in total. The van der Waals surface area contributed by atoms with Crippen LogP contribution in [0.25, 0.3) is 0 Å². The van der Waals surface area contributed by atoms with Gasteiger partial charge in [-0.3, -0.25) is 4.90 Å². The van der Waals surface area contributed by atoms with E-state index in [9.17, 15) is 0 Å². The molecule has 0 unspecified atom stereocenters. The minimum absolute atomic E-state index is 0.432. The average Bonchev–Trinajstić information content (AvgIpc) is 2.40. The minimum Gasteiger partial charge on any atom is -0.329 e. The van der Waals surface area contributed by atoms with Gasteiger partial charge < -0.3 is 5.73 Å². The van der Waals surface area contributed by atoms with Crippen LogP contribution < -0.4 is 5.73 Å². The van der Waals surface area contributed by atoms with Gasteiger partial charge in [0.1, 0.15) is 0 Å². The predicted octanol–water partition coefficient (Wildman–Crippen LogP) is 1.13. The molecule has 0 aliphatic carbocycles. The molecule has 64 valence electrons. The third-order valence-corrected chi connectivity index (χ3v) is 2.59. The lowest BCUT2D eigenvalue weighted by molar-refractivity contribution is 0.274. The summed E-state index contributed by atoms with van der Waals surface area (Å²) in [5.41, 5.74) is 8.53. The number of likely N-dealkylation sites (N-methyl/N-ethyl adjacent to an activating group) is 1. The van der Waals surface area contributed by atoms with Crippen LogP contribution in [0.2, 0.25) is 0 Å². The molecule has 2 heteroatoms. The van der Waals surface area contributed by atoms with Crippen LogP contribution in [0.1, 0.15) is 17.2 Å². The van der Waals surface area contributed by atoms with E-state index in [0.29, 0.717) is 12.6 Å². The van der Waals surface area contributed by atoms with E-state index < -0.39 is 0 Å². The standard InChI is InChI=1S/C10H14N2/c1-12-7-8-4-2-3-5-9(8)10(12)6-11/h2-5,10H,6-7,11H2,1H3/t10-/m1/s1. The lowest BCUT2D eigenvalue weighted by Gasteiger charge is -2.17. The second-order valence-electron chi connectivity index (χ2n) is 3.37. The molecule has 1 atom stereocenters. The first-order chi connectivity index (χ1) is 5.83. The molecule has 0 amide bonds. The number of nitrogens with two attached hydrogens (primary N) is 1. The Morgan fingerprint density at radius 1 is 1.50 bits per heavy atom. The van der Waals surface area contributed by atoms with Crippen LogP contribution in [-0.2, 0) is 6.54 Å². The molecule has 1 aliphatic heterocycles. The largest absolute Gasteiger partial charge is 0.329 e. The summed E-state index contributed by atoms with van der Waals surface area (Å²) < 4.78 is 0. The Morgan fingerprint density at radius 3 is 3.00 bits per heavy atom. The van der Waals surface area contributed by atoms with E-state index >= 15 is 0 Å². The third-order valence-electron chi connectivity index (χ3n) is 2.59. The zero-order valence-corrected chi connectivity index (χ0v) is 7.33. The molecule has 0 bridgehead atoms. The van der Waals surface area contributed by atoms with Crippen molar-refractivity contribution in [3.05, 3.63) is 35.4 Å². The summed E-state index contributed by atoms with van der Waals surface area (Å²) in [6.45, 7) is 1.76. The molecule has 1 aliphatic rings. The zero-order chi connectivity index (χ0) is 8.55. The van der Waals surface area contributed by atoms with Crippen LogP contribution in [-0.4, -0.2) is 18.5 Å². The molecule has 0 aromatic heterocycles. The fraction of sp³-hybridized carbons (Fsp3) is 0.400. The minimum atomic E-state index is 0.432. The second-order valence-corrected chi connectivity index (χ2v) is 3.37. The van der Waals surface area contributed by atoms with Crippen molar-refractivity contribution in [2.24, 2.45) is 5.73 Å². The third kappa shape index (κ3) is 1.04. The summed E-state index contributed by atoms with van der Waals surface area (Å²) in [6.07, 6.45) is 0. The maximum absolute atomic E-state index is 5.70. The van der Waals surface area contributed by atoms with Crippen molar-refractivity contribution in [2.75, 3.05) is 13.6 Å². The smallest absolute Gasteiger partial charge is 0.0474 e. The maximum Gasteiger partial charge on any atom is 0.0474 e. The molecule has 0 spiro atoms. The Morgan fingerprint density at radius 2 is 2.25 bits per heavy atom. The number of fused-ring (bicyclic) bond motifs is 1. The van der Waals surface area contributed by atoms with E-state index in [0.717, 1.165) is 6.54 Å². The number of hydrogen-bond acceptors (Lipinski definition) is 2. The van der Waals surface area contributed by atoms with Gasteiger partial charge in [0.2, 0.25) is 0 Å². The summed E-state index contributed by atoms with van der Waals surface area (Å²) in [5, 5.41) is 0. The van der Waals surface area contributed by atoms with Gasteiger partial charge in [-0.15, -0.1) is 0 Å². The SMILES string of the molecule is CN1Cc2ccccc2[C@H]1CN. The van der Waals surface area contributed by atoms with Crippen LogP contribution >= 0.6 is 0 Å². The first-order valence-electron chi connectivity index (χ1n) is 4.31. The molecule has 1 aromatic carbocycles. The van der Waals surface area contributed by atoms with Gasteiger partial charge >= 0.3 is 0 Å². The number of rotatable bonds is 1. The predicted molar refractivity (Wildman–Crippen MR) is 49.7 cm³/mol.